The van der Waals surface area contributed by atoms with Gasteiger partial charge in [0.15, 0.2) is 0 Å². The summed E-state index contributed by atoms with van der Waals surface area (Å²) in [5, 5.41) is 3.90. The third kappa shape index (κ3) is 8.68. The van der Waals surface area contributed by atoms with Crippen LogP contribution in [0.3, 0.4) is 0 Å². The molecule has 0 amide bonds. The van der Waals surface area contributed by atoms with E-state index in [1.54, 1.807) is 10.6 Å². The van der Waals surface area contributed by atoms with E-state index in [9.17, 15) is 0 Å². The minimum Gasteiger partial charge on any atom is -0.0921 e. The molecule has 3 atom stereocenters. The van der Waals surface area contributed by atoms with E-state index in [2.05, 4.69) is 109 Å². The fraction of sp³-hybridized carbons (Fsp3) is 0.625. The van der Waals surface area contributed by atoms with Crippen LogP contribution in [0.2, 0.25) is 0 Å². The zero-order chi connectivity index (χ0) is 24.8. The summed E-state index contributed by atoms with van der Waals surface area (Å²) in [4.78, 5) is 0. The van der Waals surface area contributed by atoms with Crippen LogP contribution >= 0.6 is 15.8 Å². The van der Waals surface area contributed by atoms with Gasteiger partial charge in [0.05, 0.1) is 0 Å². The zero-order valence-electron chi connectivity index (χ0n) is 23.4. The quantitative estimate of drug-likeness (QED) is 0.256. The van der Waals surface area contributed by atoms with Crippen LogP contribution in [0.1, 0.15) is 99.8 Å². The van der Waals surface area contributed by atoms with Crippen LogP contribution in [0, 0.1) is 5.92 Å². The first-order valence-electron chi connectivity index (χ1n) is 13.8. The molecule has 2 aliphatic carbocycles. The Hall–Kier alpha value is -0.181. The van der Waals surface area contributed by atoms with Crippen molar-refractivity contribution in [3.63, 3.8) is 0 Å². The molecule has 0 spiro atoms. The molecule has 0 aromatic heterocycles. The van der Waals surface area contributed by atoms with Gasteiger partial charge in [0, 0.05) is 17.1 Å². The first kappa shape index (κ1) is 31.0. The second kappa shape index (κ2) is 14.1. The minimum absolute atomic E-state index is 0. The Balaban J connectivity index is 0.000000640. The molecule has 4 rings (SSSR count). The number of hydrogen-bond donors (Lipinski definition) is 0. The Morgan fingerprint density at radius 2 is 1.03 bits per heavy atom. The Kier molecular flexibility index (Phi) is 12.5. The van der Waals surface area contributed by atoms with Crippen molar-refractivity contribution in [2.24, 2.45) is 5.92 Å². The summed E-state index contributed by atoms with van der Waals surface area (Å²) in [6.45, 7) is 17.6. The fourth-order valence-corrected chi connectivity index (χ4v) is 15.1. The molecule has 0 nitrogen and oxygen atoms in total. The van der Waals surface area contributed by atoms with Crippen LogP contribution in [0.15, 0.2) is 60.7 Å². The second-order valence-corrected chi connectivity index (χ2v) is 19.1. The molecule has 2 aliphatic rings. The summed E-state index contributed by atoms with van der Waals surface area (Å²) in [5.74, 6) is 0.839. The molecule has 2 aromatic carbocycles. The van der Waals surface area contributed by atoms with Gasteiger partial charge < -0.3 is 0 Å². The summed E-state index contributed by atoms with van der Waals surface area (Å²) in [6, 6.07) is 22.7. The van der Waals surface area contributed by atoms with Crippen molar-refractivity contribution in [2.75, 3.05) is 0 Å². The fourth-order valence-electron chi connectivity index (χ4n) is 6.73. The number of benzene rings is 2. The van der Waals surface area contributed by atoms with Crippen molar-refractivity contribution >= 4 is 26.5 Å². The molecule has 0 bridgehead atoms. The van der Waals surface area contributed by atoms with Gasteiger partial charge in [-0.1, -0.05) is 156 Å². The van der Waals surface area contributed by atoms with E-state index in [4.69, 9.17) is 0 Å². The molecule has 0 radical (unpaired) electrons. The monoisotopic (exact) mass is 552 g/mol. The van der Waals surface area contributed by atoms with Crippen LogP contribution in [0.25, 0.3) is 0 Å². The van der Waals surface area contributed by atoms with Crippen LogP contribution < -0.4 is 10.6 Å². The first-order chi connectivity index (χ1) is 16.1. The van der Waals surface area contributed by atoms with E-state index < -0.39 is 0 Å². The first-order valence-corrected chi connectivity index (χ1v) is 16.6. The molecule has 35 heavy (non-hydrogen) atoms. The second-order valence-electron chi connectivity index (χ2n) is 12.4. The molecule has 0 saturated heterocycles. The van der Waals surface area contributed by atoms with E-state index in [0.717, 1.165) is 17.2 Å². The maximum absolute atomic E-state index is 2.58. The van der Waals surface area contributed by atoms with Gasteiger partial charge in [-0.05, 0) is 58.9 Å². The Bertz CT molecular complexity index is 772. The summed E-state index contributed by atoms with van der Waals surface area (Å²) >= 11 is 0. The van der Waals surface area contributed by atoms with Crippen molar-refractivity contribution in [3.05, 3.63) is 60.7 Å². The predicted octanol–water partition coefficient (Wildman–Crippen LogP) is 9.70. The normalized spacial score (nSPS) is 21.4. The number of hydrogen-bond acceptors (Lipinski definition) is 0. The molecular formula is C32H50FeP2. The average Bonchev–Trinajstić information content (AvgIpc) is 3.49. The summed E-state index contributed by atoms with van der Waals surface area (Å²) in [6.07, 6.45) is 11.8. The third-order valence-electron chi connectivity index (χ3n) is 7.65. The van der Waals surface area contributed by atoms with Gasteiger partial charge in [-0.3, -0.25) is 0 Å². The molecule has 0 N–H and O–H groups in total. The Morgan fingerprint density at radius 1 is 0.629 bits per heavy atom. The van der Waals surface area contributed by atoms with Gasteiger partial charge in [-0.25, -0.2) is 0 Å². The molecule has 3 unspecified atom stereocenters. The Morgan fingerprint density at radius 3 is 1.40 bits per heavy atom. The summed E-state index contributed by atoms with van der Waals surface area (Å²) in [5.41, 5.74) is 1.61. The van der Waals surface area contributed by atoms with Gasteiger partial charge in [-0.15, -0.1) is 0 Å². The van der Waals surface area contributed by atoms with Crippen molar-refractivity contribution in [1.29, 1.82) is 0 Å². The topological polar surface area (TPSA) is 0 Å². The van der Waals surface area contributed by atoms with Crippen LogP contribution in [0.5, 0.6) is 0 Å². The van der Waals surface area contributed by atoms with Crippen molar-refractivity contribution in [3.8, 4) is 0 Å². The van der Waals surface area contributed by atoms with Crippen LogP contribution in [-0.4, -0.2) is 21.6 Å². The van der Waals surface area contributed by atoms with Crippen molar-refractivity contribution in [2.45, 2.75) is 121 Å². The van der Waals surface area contributed by atoms with Crippen LogP contribution in [-0.2, 0) is 17.1 Å². The summed E-state index contributed by atoms with van der Waals surface area (Å²) < 4.78 is 0. The molecular weight excluding hydrogens is 502 g/mol. The maximum Gasteiger partial charge on any atom is 0 e. The zero-order valence-corrected chi connectivity index (χ0v) is 26.3. The average molecular weight is 553 g/mol. The molecule has 3 heteroatoms. The standard InChI is InChI=1S/C27H40P2.C5H10.Fe/c1-21(24-19-14-20-25(24)29(26(2,3)4)27(5,6)7)28(22-15-10-8-11-16-22)23-17-12-9-13-18-23;1-2-4-5-3-1;/h8-13,15-18,21,24-25H,14,19-20H2,1-7H3;1-5H2;. The third-order valence-corrected chi connectivity index (χ3v) is 14.8. The molecule has 2 aromatic rings. The largest absolute Gasteiger partial charge is 0.0921 e. The SMILES string of the molecule is C1CCCC1.CC(C1CCCC1P(C(C)(C)C)C(C)(C)C)P(c1ccccc1)c1ccccc1.[Fe]. The molecule has 2 saturated carbocycles. The van der Waals surface area contributed by atoms with Gasteiger partial charge in [0.25, 0.3) is 0 Å². The van der Waals surface area contributed by atoms with E-state index in [1.807, 2.05) is 0 Å². The molecule has 0 aliphatic heterocycles. The minimum atomic E-state index is -0.336. The van der Waals surface area contributed by atoms with Crippen LogP contribution in [0.4, 0.5) is 0 Å². The van der Waals surface area contributed by atoms with E-state index in [-0.39, 0.29) is 32.9 Å². The van der Waals surface area contributed by atoms with Gasteiger partial charge >= 0.3 is 0 Å². The van der Waals surface area contributed by atoms with Crippen molar-refractivity contribution < 1.29 is 17.1 Å². The predicted molar refractivity (Wildman–Crippen MR) is 159 cm³/mol. The van der Waals surface area contributed by atoms with Gasteiger partial charge in [0.2, 0.25) is 0 Å². The van der Waals surface area contributed by atoms with Gasteiger partial charge in [0.1, 0.15) is 0 Å². The number of rotatable bonds is 5. The van der Waals surface area contributed by atoms with Crippen molar-refractivity contribution in [1.82, 2.24) is 0 Å². The van der Waals surface area contributed by atoms with E-state index >= 15 is 0 Å². The Labute approximate surface area is 230 Å². The van der Waals surface area contributed by atoms with E-state index in [0.29, 0.717) is 10.3 Å². The smallest absolute Gasteiger partial charge is 0 e. The van der Waals surface area contributed by atoms with Gasteiger partial charge in [-0.2, -0.15) is 0 Å². The molecule has 0 heterocycles. The maximum atomic E-state index is 2.58. The molecule has 2 fully saturated rings. The summed E-state index contributed by atoms with van der Waals surface area (Å²) in [7, 11) is -0.404. The molecule has 196 valence electrons. The van der Waals surface area contributed by atoms with E-state index in [1.165, 1.54) is 51.4 Å².